The van der Waals surface area contributed by atoms with Gasteiger partial charge in [-0.3, -0.25) is 4.79 Å². The number of nitrogens with one attached hydrogen (secondary N) is 1. The van der Waals surface area contributed by atoms with Crippen LogP contribution in [0.15, 0.2) is 53.4 Å². The highest BCUT2D eigenvalue weighted by Crippen LogP contribution is 2.35. The molecule has 2 aromatic rings. The number of sulfonamides is 1. The Morgan fingerprint density at radius 3 is 2.16 bits per heavy atom. The smallest absolute Gasteiger partial charge is 0.368 e. The summed E-state index contributed by atoms with van der Waals surface area (Å²) in [4.78, 5) is 11.4. The topological polar surface area (TPSA) is 89.3 Å². The minimum Gasteiger partial charge on any atom is -0.368 e. The second-order valence-electron chi connectivity index (χ2n) is 5.00. The van der Waals surface area contributed by atoms with E-state index in [1.165, 1.54) is 18.2 Å². The maximum Gasteiger partial charge on any atom is 0.416 e. The van der Waals surface area contributed by atoms with Crippen molar-refractivity contribution in [1.29, 1.82) is 0 Å². The van der Waals surface area contributed by atoms with Crippen molar-refractivity contribution in [3.05, 3.63) is 64.7 Å². The second-order valence-corrected chi connectivity index (χ2v) is 7.15. The van der Waals surface area contributed by atoms with Gasteiger partial charge < -0.3 is 5.73 Å². The molecule has 2 rings (SSSR count). The summed E-state index contributed by atoms with van der Waals surface area (Å²) < 4.78 is 66.0. The highest BCUT2D eigenvalue weighted by molar-refractivity contribution is 7.89. The molecule has 3 N–H and O–H groups in total. The summed E-state index contributed by atoms with van der Waals surface area (Å²) >= 11 is 5.67. The Morgan fingerprint density at radius 1 is 1.08 bits per heavy atom. The highest BCUT2D eigenvalue weighted by atomic mass is 35.5. The number of hydrogen-bond donors (Lipinski definition) is 2. The predicted octanol–water partition coefficient (Wildman–Crippen LogP) is 2.86. The molecular formula is C15H12ClF3N2O3S. The number of nitrogens with two attached hydrogens (primary N) is 1. The highest BCUT2D eigenvalue weighted by Gasteiger charge is 2.37. The molecule has 0 aliphatic heterocycles. The van der Waals surface area contributed by atoms with E-state index in [4.69, 9.17) is 17.3 Å². The molecule has 0 heterocycles. The number of halogens is 4. The van der Waals surface area contributed by atoms with E-state index in [1.807, 2.05) is 4.72 Å². The van der Waals surface area contributed by atoms with Gasteiger partial charge in [-0.05, 0) is 35.9 Å². The summed E-state index contributed by atoms with van der Waals surface area (Å²) in [5, 5.41) is 0.271. The van der Waals surface area contributed by atoms with Crippen LogP contribution in [-0.2, 0) is 21.0 Å². The van der Waals surface area contributed by atoms with Crippen LogP contribution in [0.5, 0.6) is 0 Å². The molecule has 1 amide bonds. The first kappa shape index (κ1) is 19.2. The second kappa shape index (κ2) is 7.03. The lowest BCUT2D eigenvalue weighted by atomic mass is 10.0. The maximum absolute atomic E-state index is 13.1. The average molecular weight is 393 g/mol. The molecule has 0 saturated carbocycles. The van der Waals surface area contributed by atoms with Crippen molar-refractivity contribution in [3.63, 3.8) is 0 Å². The van der Waals surface area contributed by atoms with E-state index < -0.39 is 39.3 Å². The Morgan fingerprint density at radius 2 is 1.64 bits per heavy atom. The van der Waals surface area contributed by atoms with Crippen LogP contribution in [0.25, 0.3) is 0 Å². The molecular weight excluding hydrogens is 381 g/mol. The molecule has 5 nitrogen and oxygen atoms in total. The monoisotopic (exact) mass is 392 g/mol. The summed E-state index contributed by atoms with van der Waals surface area (Å²) in [7, 11) is -4.31. The molecule has 0 radical (unpaired) electrons. The van der Waals surface area contributed by atoms with E-state index in [0.29, 0.717) is 0 Å². The molecule has 0 saturated heterocycles. The number of primary amides is 1. The molecule has 134 valence electrons. The number of amides is 1. The number of carbonyl (C=O) groups excluding carboxylic acids is 1. The first-order valence-corrected chi connectivity index (χ1v) is 8.62. The summed E-state index contributed by atoms with van der Waals surface area (Å²) in [6, 6.07) is 7.09. The molecule has 1 unspecified atom stereocenters. The van der Waals surface area contributed by atoms with Crippen LogP contribution in [0.3, 0.4) is 0 Å². The van der Waals surface area contributed by atoms with Crippen molar-refractivity contribution in [2.45, 2.75) is 17.1 Å². The van der Waals surface area contributed by atoms with Crippen LogP contribution < -0.4 is 10.5 Å². The van der Waals surface area contributed by atoms with Gasteiger partial charge in [0.15, 0.2) is 0 Å². The summed E-state index contributed by atoms with van der Waals surface area (Å²) in [6.45, 7) is 0. The van der Waals surface area contributed by atoms with Gasteiger partial charge in [-0.2, -0.15) is 17.9 Å². The molecule has 0 bridgehead atoms. The van der Waals surface area contributed by atoms with E-state index in [0.717, 1.165) is 30.3 Å². The lowest BCUT2D eigenvalue weighted by Gasteiger charge is -2.20. The van der Waals surface area contributed by atoms with Crippen molar-refractivity contribution in [2.24, 2.45) is 5.73 Å². The van der Waals surface area contributed by atoms with Gasteiger partial charge in [0.25, 0.3) is 0 Å². The zero-order valence-electron chi connectivity index (χ0n) is 12.4. The molecule has 0 spiro atoms. The molecule has 0 aliphatic rings. The lowest BCUT2D eigenvalue weighted by Crippen LogP contribution is -2.38. The molecule has 1 atom stereocenters. The van der Waals surface area contributed by atoms with Crippen molar-refractivity contribution >= 4 is 27.5 Å². The number of alkyl halides is 3. The van der Waals surface area contributed by atoms with Crippen molar-refractivity contribution in [3.8, 4) is 0 Å². The van der Waals surface area contributed by atoms with Gasteiger partial charge in [0.2, 0.25) is 15.9 Å². The first-order chi connectivity index (χ1) is 11.5. The summed E-state index contributed by atoms with van der Waals surface area (Å²) in [6.07, 6.45) is -4.78. The third-order valence-corrected chi connectivity index (χ3v) is 4.95. The van der Waals surface area contributed by atoms with Gasteiger partial charge in [-0.15, -0.1) is 0 Å². The van der Waals surface area contributed by atoms with Crippen LogP contribution in [0.1, 0.15) is 17.2 Å². The quantitative estimate of drug-likeness (QED) is 0.819. The first-order valence-electron chi connectivity index (χ1n) is 6.76. The third kappa shape index (κ3) is 4.50. The molecule has 0 aliphatic carbocycles. The molecule has 2 aromatic carbocycles. The van der Waals surface area contributed by atoms with Crippen LogP contribution in [0, 0.1) is 0 Å². The van der Waals surface area contributed by atoms with Gasteiger partial charge in [-0.1, -0.05) is 29.8 Å². The minimum absolute atomic E-state index is 0.271. The minimum atomic E-state index is -4.78. The molecule has 10 heteroatoms. The molecule has 0 fully saturated rings. The zero-order chi connectivity index (χ0) is 18.8. The van der Waals surface area contributed by atoms with Crippen LogP contribution in [-0.4, -0.2) is 14.3 Å². The van der Waals surface area contributed by atoms with Gasteiger partial charge in [0.05, 0.1) is 10.5 Å². The van der Waals surface area contributed by atoms with E-state index in [9.17, 15) is 26.4 Å². The van der Waals surface area contributed by atoms with Gasteiger partial charge >= 0.3 is 6.18 Å². The van der Waals surface area contributed by atoms with E-state index >= 15 is 0 Å². The fourth-order valence-corrected chi connectivity index (χ4v) is 3.43. The van der Waals surface area contributed by atoms with Crippen LogP contribution >= 0.6 is 11.6 Å². The molecule has 0 aromatic heterocycles. The average Bonchev–Trinajstić information content (AvgIpc) is 2.52. The Kier molecular flexibility index (Phi) is 5.40. The Balaban J connectivity index is 2.47. The third-order valence-electron chi connectivity index (χ3n) is 3.26. The summed E-state index contributed by atoms with van der Waals surface area (Å²) in [5.41, 5.74) is 3.40. The van der Waals surface area contributed by atoms with E-state index in [1.54, 1.807) is 0 Å². The van der Waals surface area contributed by atoms with Crippen LogP contribution in [0.2, 0.25) is 5.02 Å². The predicted molar refractivity (Wildman–Crippen MR) is 85.2 cm³/mol. The Hall–Kier alpha value is -2.10. The van der Waals surface area contributed by atoms with Gasteiger partial charge in [0.1, 0.15) is 6.04 Å². The zero-order valence-corrected chi connectivity index (χ0v) is 14.0. The normalized spacial score (nSPS) is 13.4. The summed E-state index contributed by atoms with van der Waals surface area (Å²) in [5.74, 6) is -1.27. The number of rotatable bonds is 5. The fraction of sp³-hybridized carbons (Fsp3) is 0.133. The Labute approximate surface area is 146 Å². The van der Waals surface area contributed by atoms with Crippen LogP contribution in [0.4, 0.5) is 13.2 Å². The number of hydrogen-bond acceptors (Lipinski definition) is 3. The Bertz CT molecular complexity index is 884. The molecule has 25 heavy (non-hydrogen) atoms. The maximum atomic E-state index is 13.1. The van der Waals surface area contributed by atoms with Crippen molar-refractivity contribution in [2.75, 3.05) is 0 Å². The van der Waals surface area contributed by atoms with Crippen molar-refractivity contribution < 1.29 is 26.4 Å². The van der Waals surface area contributed by atoms with Gasteiger partial charge in [0, 0.05) is 5.02 Å². The van der Waals surface area contributed by atoms with Crippen molar-refractivity contribution in [1.82, 2.24) is 4.72 Å². The lowest BCUT2D eigenvalue weighted by molar-refractivity contribution is -0.138. The van der Waals surface area contributed by atoms with E-state index in [2.05, 4.69) is 0 Å². The van der Waals surface area contributed by atoms with Gasteiger partial charge in [-0.25, -0.2) is 8.42 Å². The van der Waals surface area contributed by atoms with E-state index in [-0.39, 0.29) is 9.92 Å². The standard InChI is InChI=1S/C15H12ClF3N2O3S/c16-9-5-7-10(8-6-9)25(23,24)21-13(14(20)22)11-3-1-2-4-12(11)15(17,18)19/h1-8,13,21H,(H2,20,22). The SMILES string of the molecule is NC(=O)C(NS(=O)(=O)c1ccc(Cl)cc1)c1ccccc1C(F)(F)F. The number of benzene rings is 2. The largest absolute Gasteiger partial charge is 0.416 e. The number of carbonyl (C=O) groups is 1. The fourth-order valence-electron chi connectivity index (χ4n) is 2.12.